The third-order valence-corrected chi connectivity index (χ3v) is 3.87. The van der Waals surface area contributed by atoms with E-state index in [0.29, 0.717) is 30.0 Å². The van der Waals surface area contributed by atoms with Crippen LogP contribution in [0.4, 0.5) is 14.9 Å². The fraction of sp³-hybridized carbons (Fsp3) is 0.529. The first-order valence-electron chi connectivity index (χ1n) is 7.89. The molecule has 2 atom stereocenters. The molecule has 0 spiro atoms. The molecule has 1 N–H and O–H groups in total. The fourth-order valence-corrected chi connectivity index (χ4v) is 2.67. The minimum atomic E-state index is -2.13. The highest BCUT2D eigenvalue weighted by atomic mass is 35.5. The highest BCUT2D eigenvalue weighted by Crippen LogP contribution is 2.37. The van der Waals surface area contributed by atoms with Crippen molar-refractivity contribution in [2.45, 2.75) is 44.5 Å². The van der Waals surface area contributed by atoms with Gasteiger partial charge in [0.15, 0.2) is 0 Å². The number of hydrogen-bond donors (Lipinski definition) is 1. The maximum Gasteiger partial charge on any atom is 0.414 e. The van der Waals surface area contributed by atoms with Crippen LogP contribution in [0, 0.1) is 0 Å². The van der Waals surface area contributed by atoms with Crippen molar-refractivity contribution in [1.29, 1.82) is 0 Å². The maximum absolute atomic E-state index is 13.0. The van der Waals surface area contributed by atoms with Crippen LogP contribution in [0.3, 0.4) is 0 Å². The van der Waals surface area contributed by atoms with Gasteiger partial charge in [-0.2, -0.15) is 0 Å². The number of anilines is 1. The number of alkyl halides is 2. The van der Waals surface area contributed by atoms with Crippen molar-refractivity contribution in [3.63, 3.8) is 0 Å². The first kappa shape index (κ1) is 19.3. The molecule has 6 nitrogen and oxygen atoms in total. The summed E-state index contributed by atoms with van der Waals surface area (Å²) in [6.07, 6.45) is -0.0845. The fourth-order valence-electron chi connectivity index (χ4n) is 2.61. The van der Waals surface area contributed by atoms with Crippen LogP contribution in [0.1, 0.15) is 38.8 Å². The van der Waals surface area contributed by atoms with Gasteiger partial charge in [-0.3, -0.25) is 9.69 Å². The number of ether oxygens (including phenoxy) is 2. The molecule has 1 aliphatic rings. The first-order valence-corrected chi connectivity index (χ1v) is 8.33. The van der Waals surface area contributed by atoms with Crippen molar-refractivity contribution in [2.24, 2.45) is 0 Å². The Morgan fingerprint density at radius 3 is 2.64 bits per heavy atom. The molecule has 1 heterocycles. The van der Waals surface area contributed by atoms with Crippen molar-refractivity contribution in [2.75, 3.05) is 18.6 Å². The Balaban J connectivity index is 2.34. The number of carbonyl (C=O) groups is 2. The summed E-state index contributed by atoms with van der Waals surface area (Å²) in [5.41, 5.74) is -1.54. The number of benzene rings is 1. The van der Waals surface area contributed by atoms with Crippen LogP contribution in [-0.4, -0.2) is 36.9 Å². The third kappa shape index (κ3) is 4.75. The lowest BCUT2D eigenvalue weighted by Gasteiger charge is -2.35. The molecule has 0 saturated heterocycles. The molecule has 1 aliphatic heterocycles. The molecule has 0 aliphatic carbocycles. The Kier molecular flexibility index (Phi) is 5.77. The van der Waals surface area contributed by atoms with Crippen LogP contribution < -0.4 is 15.0 Å². The number of fused-ring (bicyclic) bond motifs is 1. The number of nitrogens with zero attached hydrogens (tertiary/aromatic N) is 1. The molecule has 0 radical (unpaired) electrons. The van der Waals surface area contributed by atoms with Gasteiger partial charge in [-0.25, -0.2) is 9.18 Å². The zero-order chi connectivity index (χ0) is 18.8. The van der Waals surface area contributed by atoms with Gasteiger partial charge < -0.3 is 14.8 Å². The van der Waals surface area contributed by atoms with E-state index in [1.165, 1.54) is 12.0 Å². The Morgan fingerprint density at radius 2 is 2.08 bits per heavy atom. The summed E-state index contributed by atoms with van der Waals surface area (Å²) in [5.74, 6) is -0.349. The van der Waals surface area contributed by atoms with E-state index in [1.54, 1.807) is 39.0 Å². The van der Waals surface area contributed by atoms with E-state index >= 15 is 0 Å². The molecule has 0 saturated carbocycles. The lowest BCUT2D eigenvalue weighted by Crippen LogP contribution is -2.44. The van der Waals surface area contributed by atoms with Gasteiger partial charge in [0, 0.05) is 12.1 Å². The Labute approximate surface area is 151 Å². The van der Waals surface area contributed by atoms with Crippen LogP contribution in [0.2, 0.25) is 0 Å². The molecule has 2 amide bonds. The van der Waals surface area contributed by atoms with E-state index in [4.69, 9.17) is 21.1 Å². The van der Waals surface area contributed by atoms with E-state index in [0.717, 1.165) is 0 Å². The molecule has 8 heteroatoms. The van der Waals surface area contributed by atoms with Crippen LogP contribution in [-0.2, 0) is 9.53 Å². The standard InChI is InChI=1S/C17H22ClFN2O4/c1-17(2,3)25-16(23)21-8-7-12(20-15(22)14(18)19)11-9-10(24-4)5-6-13(11)21/h5-6,9,12,14H,7-8H2,1-4H3,(H,20,22). The molecule has 1 aromatic rings. The number of carbonyl (C=O) groups excluding carboxylic acids is 2. The molecule has 138 valence electrons. The average Bonchev–Trinajstić information content (AvgIpc) is 2.52. The summed E-state index contributed by atoms with van der Waals surface area (Å²) in [4.78, 5) is 25.6. The van der Waals surface area contributed by atoms with Crippen LogP contribution in [0.5, 0.6) is 5.75 Å². The SMILES string of the molecule is COc1ccc2c(c1)C(NC(=O)C(F)Cl)CCN2C(=O)OC(C)(C)C. The number of nitrogens with one attached hydrogen (secondary N) is 1. The predicted molar refractivity (Wildman–Crippen MR) is 92.8 cm³/mol. The van der Waals surface area contributed by atoms with E-state index in [1.807, 2.05) is 0 Å². The Bertz CT molecular complexity index is 661. The topological polar surface area (TPSA) is 67.9 Å². The quantitative estimate of drug-likeness (QED) is 0.824. The molecule has 0 fully saturated rings. The summed E-state index contributed by atoms with van der Waals surface area (Å²) in [5, 5.41) is 2.55. The number of rotatable bonds is 3. The Hall–Kier alpha value is -2.02. The van der Waals surface area contributed by atoms with Gasteiger partial charge >= 0.3 is 6.09 Å². The Morgan fingerprint density at radius 1 is 1.40 bits per heavy atom. The molecule has 25 heavy (non-hydrogen) atoms. The van der Waals surface area contributed by atoms with Crippen molar-refractivity contribution < 1.29 is 23.5 Å². The highest BCUT2D eigenvalue weighted by Gasteiger charge is 2.33. The van der Waals surface area contributed by atoms with E-state index in [2.05, 4.69) is 5.32 Å². The van der Waals surface area contributed by atoms with E-state index in [9.17, 15) is 14.0 Å². The summed E-state index contributed by atoms with van der Waals surface area (Å²) in [6, 6.07) is 4.65. The van der Waals surface area contributed by atoms with Gasteiger partial charge in [-0.1, -0.05) is 11.6 Å². The number of amides is 2. The minimum absolute atomic E-state index is 0.318. The van der Waals surface area contributed by atoms with Gasteiger partial charge in [-0.05, 0) is 45.4 Å². The zero-order valence-corrected chi connectivity index (χ0v) is 15.4. The zero-order valence-electron chi connectivity index (χ0n) is 14.6. The van der Waals surface area contributed by atoms with Gasteiger partial charge in [-0.15, -0.1) is 0 Å². The number of methoxy groups -OCH3 is 1. The molecular formula is C17H22ClFN2O4. The first-order chi connectivity index (χ1) is 11.6. The second kappa shape index (κ2) is 7.47. The number of halogens is 2. The van der Waals surface area contributed by atoms with Gasteiger partial charge in [0.2, 0.25) is 0 Å². The highest BCUT2D eigenvalue weighted by molar-refractivity contribution is 6.29. The summed E-state index contributed by atoms with van der Waals surface area (Å²) < 4.78 is 23.6. The van der Waals surface area contributed by atoms with E-state index in [-0.39, 0.29) is 0 Å². The largest absolute Gasteiger partial charge is 0.497 e. The summed E-state index contributed by atoms with van der Waals surface area (Å²) in [6.45, 7) is 5.68. The molecule has 2 rings (SSSR count). The van der Waals surface area contributed by atoms with Crippen LogP contribution in [0.15, 0.2) is 18.2 Å². The minimum Gasteiger partial charge on any atom is -0.497 e. The molecule has 2 unspecified atom stereocenters. The second-order valence-corrected chi connectivity index (χ2v) is 7.09. The van der Waals surface area contributed by atoms with Gasteiger partial charge in [0.1, 0.15) is 11.4 Å². The average molecular weight is 373 g/mol. The molecule has 1 aromatic carbocycles. The molecule has 0 aromatic heterocycles. The van der Waals surface area contributed by atoms with Gasteiger partial charge in [0.05, 0.1) is 18.8 Å². The lowest BCUT2D eigenvalue weighted by molar-refractivity contribution is -0.124. The maximum atomic E-state index is 13.0. The van der Waals surface area contributed by atoms with Crippen LogP contribution in [0.25, 0.3) is 0 Å². The molecular weight excluding hydrogens is 351 g/mol. The second-order valence-electron chi connectivity index (χ2n) is 6.71. The summed E-state index contributed by atoms with van der Waals surface area (Å²) >= 11 is 5.20. The van der Waals surface area contributed by atoms with Crippen molar-refractivity contribution in [3.05, 3.63) is 23.8 Å². The van der Waals surface area contributed by atoms with Gasteiger partial charge in [0.25, 0.3) is 11.5 Å². The molecule has 0 bridgehead atoms. The monoisotopic (exact) mass is 372 g/mol. The van der Waals surface area contributed by atoms with E-state index < -0.39 is 29.3 Å². The normalized spacial score (nSPS) is 18.2. The van der Waals surface area contributed by atoms with Crippen LogP contribution >= 0.6 is 11.6 Å². The van der Waals surface area contributed by atoms with Crippen molar-refractivity contribution in [3.8, 4) is 5.75 Å². The number of hydrogen-bond acceptors (Lipinski definition) is 4. The van der Waals surface area contributed by atoms with Crippen molar-refractivity contribution >= 4 is 29.3 Å². The van der Waals surface area contributed by atoms with Crippen molar-refractivity contribution in [1.82, 2.24) is 5.32 Å². The lowest BCUT2D eigenvalue weighted by atomic mass is 9.96. The smallest absolute Gasteiger partial charge is 0.414 e. The third-order valence-electron chi connectivity index (χ3n) is 3.67. The summed E-state index contributed by atoms with van der Waals surface area (Å²) in [7, 11) is 1.51. The predicted octanol–water partition coefficient (Wildman–Crippen LogP) is 3.53.